The highest BCUT2D eigenvalue weighted by atomic mass is 32.2. The summed E-state index contributed by atoms with van der Waals surface area (Å²) in [6, 6.07) is 1.61. The van der Waals surface area contributed by atoms with E-state index in [4.69, 9.17) is 9.52 Å². The van der Waals surface area contributed by atoms with Crippen LogP contribution in [0.5, 0.6) is 0 Å². The largest absolute Gasteiger partial charge is 0.475 e. The molecule has 2 rings (SSSR count). The third-order valence-corrected chi connectivity index (χ3v) is 5.12. The Hall–Kier alpha value is -1.34. The third-order valence-electron chi connectivity index (χ3n) is 3.33. The van der Waals surface area contributed by atoms with Crippen molar-refractivity contribution in [3.63, 3.8) is 0 Å². The molecule has 1 N–H and O–H groups in total. The van der Waals surface area contributed by atoms with Crippen LogP contribution in [0.4, 0.5) is 0 Å². The smallest absolute Gasteiger partial charge is 0.372 e. The van der Waals surface area contributed by atoms with Gasteiger partial charge in [0.15, 0.2) is 9.84 Å². The van der Waals surface area contributed by atoms with E-state index in [1.165, 1.54) is 0 Å². The lowest BCUT2D eigenvalue weighted by molar-refractivity contribution is 0.0656. The molecular weight excluding hydrogens is 270 g/mol. The number of furan rings is 1. The van der Waals surface area contributed by atoms with Crippen LogP contribution in [0.3, 0.4) is 0 Å². The Kier molecular flexibility index (Phi) is 3.69. The van der Waals surface area contributed by atoms with Crippen LogP contribution >= 0.6 is 0 Å². The summed E-state index contributed by atoms with van der Waals surface area (Å²) in [4.78, 5) is 12.9. The lowest BCUT2D eigenvalue weighted by Crippen LogP contribution is -2.46. The lowest BCUT2D eigenvalue weighted by atomic mass is 10.2. The topological polar surface area (TPSA) is 87.8 Å². The molecule has 0 aromatic carbocycles. The van der Waals surface area contributed by atoms with Gasteiger partial charge in [-0.3, -0.25) is 4.90 Å². The summed E-state index contributed by atoms with van der Waals surface area (Å²) < 4.78 is 28.2. The van der Waals surface area contributed by atoms with Crippen LogP contribution in [0.2, 0.25) is 0 Å². The van der Waals surface area contributed by atoms with Crippen LogP contribution in [-0.2, 0) is 16.4 Å². The summed E-state index contributed by atoms with van der Waals surface area (Å²) in [5.74, 6) is -0.298. The highest BCUT2D eigenvalue weighted by Crippen LogP contribution is 2.19. The SMILES string of the molecule is Cc1cc(CN2CCS(=O)(=O)CC2C)oc1C(=O)O. The highest BCUT2D eigenvalue weighted by molar-refractivity contribution is 7.91. The van der Waals surface area contributed by atoms with E-state index in [1.54, 1.807) is 13.0 Å². The third kappa shape index (κ3) is 3.16. The van der Waals surface area contributed by atoms with Crippen LogP contribution in [0, 0.1) is 6.92 Å². The average Bonchev–Trinajstić information content (AvgIpc) is 2.63. The van der Waals surface area contributed by atoms with Crippen molar-refractivity contribution < 1.29 is 22.7 Å². The van der Waals surface area contributed by atoms with E-state index in [9.17, 15) is 13.2 Å². The van der Waals surface area contributed by atoms with Gasteiger partial charge >= 0.3 is 5.97 Å². The zero-order valence-electron chi connectivity index (χ0n) is 10.9. The first-order chi connectivity index (χ1) is 8.78. The number of aromatic carboxylic acids is 1. The first-order valence-electron chi connectivity index (χ1n) is 6.05. The Morgan fingerprint density at radius 1 is 1.58 bits per heavy atom. The second-order valence-electron chi connectivity index (χ2n) is 4.96. The maximum absolute atomic E-state index is 11.5. The summed E-state index contributed by atoms with van der Waals surface area (Å²) in [6.45, 7) is 4.42. The maximum atomic E-state index is 11.5. The van der Waals surface area contributed by atoms with Gasteiger partial charge in [-0.25, -0.2) is 13.2 Å². The molecule has 1 aromatic rings. The average molecular weight is 287 g/mol. The first-order valence-corrected chi connectivity index (χ1v) is 7.88. The molecule has 1 aromatic heterocycles. The molecule has 0 bridgehead atoms. The molecule has 0 aliphatic carbocycles. The lowest BCUT2D eigenvalue weighted by Gasteiger charge is -2.32. The molecule has 1 unspecified atom stereocenters. The Morgan fingerprint density at radius 3 is 2.79 bits per heavy atom. The van der Waals surface area contributed by atoms with E-state index >= 15 is 0 Å². The molecule has 1 saturated heterocycles. The van der Waals surface area contributed by atoms with Crippen molar-refractivity contribution in [1.82, 2.24) is 4.90 Å². The second kappa shape index (κ2) is 4.97. The molecule has 0 spiro atoms. The molecule has 1 fully saturated rings. The van der Waals surface area contributed by atoms with Gasteiger partial charge < -0.3 is 9.52 Å². The molecular formula is C12H17NO5S. The number of hydrogen-bond acceptors (Lipinski definition) is 5. The second-order valence-corrected chi connectivity index (χ2v) is 7.19. The van der Waals surface area contributed by atoms with Gasteiger partial charge in [-0.1, -0.05) is 0 Å². The quantitative estimate of drug-likeness (QED) is 0.889. The van der Waals surface area contributed by atoms with Gasteiger partial charge in [0.05, 0.1) is 18.1 Å². The van der Waals surface area contributed by atoms with Crippen molar-refractivity contribution in [2.24, 2.45) is 0 Å². The number of hydrogen-bond donors (Lipinski definition) is 1. The van der Waals surface area contributed by atoms with Crippen LogP contribution in [-0.4, -0.2) is 48.5 Å². The fourth-order valence-corrected chi connectivity index (χ4v) is 3.93. The molecule has 106 valence electrons. The predicted molar refractivity (Wildman–Crippen MR) is 68.9 cm³/mol. The van der Waals surface area contributed by atoms with Gasteiger partial charge in [0.1, 0.15) is 5.76 Å². The van der Waals surface area contributed by atoms with Crippen LogP contribution in [0.25, 0.3) is 0 Å². The Bertz CT molecular complexity index is 589. The fourth-order valence-electron chi connectivity index (χ4n) is 2.31. The van der Waals surface area contributed by atoms with Crippen LogP contribution in [0.15, 0.2) is 10.5 Å². The number of sulfone groups is 1. The zero-order chi connectivity index (χ0) is 14.2. The van der Waals surface area contributed by atoms with Crippen molar-refractivity contribution in [2.45, 2.75) is 26.4 Å². The van der Waals surface area contributed by atoms with E-state index in [0.29, 0.717) is 24.4 Å². The number of carboxylic acid groups (broad SMARTS) is 1. The molecule has 1 atom stereocenters. The van der Waals surface area contributed by atoms with Crippen LogP contribution < -0.4 is 0 Å². The maximum Gasteiger partial charge on any atom is 0.372 e. The summed E-state index contributed by atoms with van der Waals surface area (Å²) in [7, 11) is -2.94. The molecule has 0 amide bonds. The van der Waals surface area contributed by atoms with E-state index in [2.05, 4.69) is 0 Å². The Morgan fingerprint density at radius 2 is 2.26 bits per heavy atom. The summed E-state index contributed by atoms with van der Waals surface area (Å²) in [6.07, 6.45) is 0. The van der Waals surface area contributed by atoms with E-state index in [0.717, 1.165) is 0 Å². The minimum Gasteiger partial charge on any atom is -0.475 e. The molecule has 6 nitrogen and oxygen atoms in total. The monoisotopic (exact) mass is 287 g/mol. The summed E-state index contributed by atoms with van der Waals surface area (Å²) in [5, 5.41) is 8.92. The van der Waals surface area contributed by atoms with Gasteiger partial charge in [0, 0.05) is 18.2 Å². The van der Waals surface area contributed by atoms with Crippen molar-refractivity contribution in [1.29, 1.82) is 0 Å². The molecule has 0 saturated carbocycles. The number of nitrogens with zero attached hydrogens (tertiary/aromatic N) is 1. The van der Waals surface area contributed by atoms with Gasteiger partial charge in [-0.05, 0) is 19.9 Å². The van der Waals surface area contributed by atoms with Crippen molar-refractivity contribution >= 4 is 15.8 Å². The van der Waals surface area contributed by atoms with Gasteiger partial charge in [-0.2, -0.15) is 0 Å². The summed E-state index contributed by atoms with van der Waals surface area (Å²) >= 11 is 0. The normalized spacial score (nSPS) is 23.4. The van der Waals surface area contributed by atoms with E-state index in [1.807, 2.05) is 11.8 Å². The molecule has 19 heavy (non-hydrogen) atoms. The van der Waals surface area contributed by atoms with Crippen LogP contribution in [0.1, 0.15) is 28.8 Å². The molecule has 1 aliphatic rings. The van der Waals surface area contributed by atoms with Crippen molar-refractivity contribution in [2.75, 3.05) is 18.1 Å². The van der Waals surface area contributed by atoms with E-state index in [-0.39, 0.29) is 23.3 Å². The molecule has 1 aliphatic heterocycles. The number of aryl methyl sites for hydroxylation is 1. The van der Waals surface area contributed by atoms with E-state index < -0.39 is 15.8 Å². The van der Waals surface area contributed by atoms with Crippen molar-refractivity contribution in [3.05, 3.63) is 23.2 Å². The van der Waals surface area contributed by atoms with Crippen molar-refractivity contribution in [3.8, 4) is 0 Å². The summed E-state index contributed by atoms with van der Waals surface area (Å²) in [5.41, 5.74) is 0.583. The first kappa shape index (κ1) is 14.1. The predicted octanol–water partition coefficient (Wildman–Crippen LogP) is 0.905. The Labute approximate surface area is 111 Å². The Balaban J connectivity index is 2.10. The van der Waals surface area contributed by atoms with Gasteiger partial charge in [0.25, 0.3) is 0 Å². The highest BCUT2D eigenvalue weighted by Gasteiger charge is 2.29. The zero-order valence-corrected chi connectivity index (χ0v) is 11.7. The number of carboxylic acids is 1. The van der Waals surface area contributed by atoms with Gasteiger partial charge in [-0.15, -0.1) is 0 Å². The standard InChI is InChI=1S/C12H17NO5S/c1-8-5-10(18-11(8)12(14)15)6-13-3-4-19(16,17)7-9(13)2/h5,9H,3-4,6-7H2,1-2H3,(H,14,15). The number of carbonyl (C=O) groups is 1. The fraction of sp³-hybridized carbons (Fsp3) is 0.583. The van der Waals surface area contributed by atoms with Gasteiger partial charge in [0.2, 0.25) is 5.76 Å². The molecule has 0 radical (unpaired) electrons. The number of rotatable bonds is 3. The minimum atomic E-state index is -2.94. The molecule has 7 heteroatoms. The minimum absolute atomic E-state index is 0.0488. The molecule has 2 heterocycles.